The van der Waals surface area contributed by atoms with Crippen LogP contribution in [0.5, 0.6) is 23.0 Å². The largest absolute Gasteiger partial charge is 0.507 e. The molecule has 2 aromatic rings. The summed E-state index contributed by atoms with van der Waals surface area (Å²) >= 11 is 23.3. The second-order valence-corrected chi connectivity index (χ2v) is 6.04. The van der Waals surface area contributed by atoms with Gasteiger partial charge in [0.1, 0.15) is 27.5 Å². The van der Waals surface area contributed by atoms with Gasteiger partial charge in [0.2, 0.25) is 0 Å². The van der Waals surface area contributed by atoms with E-state index in [4.69, 9.17) is 46.4 Å². The summed E-state index contributed by atoms with van der Waals surface area (Å²) in [7, 11) is 0. The van der Waals surface area contributed by atoms with Gasteiger partial charge in [0.15, 0.2) is 0 Å². The van der Waals surface area contributed by atoms with E-state index in [0.717, 1.165) is 12.1 Å². The molecule has 0 bridgehead atoms. The Morgan fingerprint density at radius 3 is 1.32 bits per heavy atom. The third-order valence-electron chi connectivity index (χ3n) is 2.86. The van der Waals surface area contributed by atoms with Gasteiger partial charge in [-0.15, -0.1) is 0 Å². The smallest absolute Gasteiger partial charge is 0.137 e. The van der Waals surface area contributed by atoms with E-state index >= 15 is 0 Å². The summed E-state index contributed by atoms with van der Waals surface area (Å²) in [4.78, 5) is 0. The first kappa shape index (κ1) is 16.9. The molecule has 0 saturated carbocycles. The fraction of sp³-hybridized carbons (Fsp3) is 0. The molecule has 0 amide bonds. The Labute approximate surface area is 145 Å². The highest BCUT2D eigenvalue weighted by Crippen LogP contribution is 2.44. The van der Waals surface area contributed by atoms with Crippen LogP contribution in [0.2, 0.25) is 10.0 Å². The van der Waals surface area contributed by atoms with Gasteiger partial charge in [0.25, 0.3) is 0 Å². The normalized spacial score (nSPS) is 10.5. The van der Waals surface area contributed by atoms with Crippen molar-refractivity contribution in [2.24, 2.45) is 0 Å². The third-order valence-corrected chi connectivity index (χ3v) is 3.84. The molecule has 0 unspecified atom stereocenters. The van der Waals surface area contributed by atoms with Crippen LogP contribution in [0.15, 0.2) is 28.8 Å². The average molecular weight is 382 g/mol. The SMILES string of the molecule is Oc1cc(O)c(C(=C(Cl)Cl)c2cc(Cl)c(O)cc2O)cc1Cl. The Balaban J connectivity index is 2.77. The molecule has 0 saturated heterocycles. The molecule has 0 radical (unpaired) electrons. The molecule has 116 valence electrons. The summed E-state index contributed by atoms with van der Waals surface area (Å²) in [6, 6.07) is 4.47. The summed E-state index contributed by atoms with van der Waals surface area (Å²) in [6.07, 6.45) is 0. The summed E-state index contributed by atoms with van der Waals surface area (Å²) < 4.78 is -0.283. The standard InChI is InChI=1S/C14H8Cl4O4/c15-7-1-5(9(19)3-11(7)21)13(14(17)18)6-2-8(16)12(22)4-10(6)20/h1-4,19-22H. The minimum absolute atomic E-state index is 0.0298. The van der Waals surface area contributed by atoms with Crippen LogP contribution >= 0.6 is 46.4 Å². The van der Waals surface area contributed by atoms with Crippen molar-refractivity contribution in [1.82, 2.24) is 0 Å². The molecule has 0 atom stereocenters. The van der Waals surface area contributed by atoms with Crippen LogP contribution in [0.3, 0.4) is 0 Å². The van der Waals surface area contributed by atoms with E-state index in [2.05, 4.69) is 0 Å². The van der Waals surface area contributed by atoms with Gasteiger partial charge in [-0.25, -0.2) is 0 Å². The predicted octanol–water partition coefficient (Wildman–Crippen LogP) is 5.01. The van der Waals surface area contributed by atoms with Gasteiger partial charge < -0.3 is 20.4 Å². The Morgan fingerprint density at radius 1 is 0.636 bits per heavy atom. The van der Waals surface area contributed by atoms with Gasteiger partial charge >= 0.3 is 0 Å². The Hall–Kier alpha value is -1.46. The molecule has 2 rings (SSSR count). The van der Waals surface area contributed by atoms with Crippen LogP contribution in [0, 0.1) is 0 Å². The van der Waals surface area contributed by atoms with E-state index in [0.29, 0.717) is 0 Å². The molecular weight excluding hydrogens is 374 g/mol. The fourth-order valence-electron chi connectivity index (χ4n) is 1.85. The molecule has 0 aliphatic carbocycles. The number of hydrogen-bond acceptors (Lipinski definition) is 4. The summed E-state index contributed by atoms with van der Waals surface area (Å²) in [5.74, 6) is -1.39. The molecule has 22 heavy (non-hydrogen) atoms. The van der Waals surface area contributed by atoms with E-state index in [1.807, 2.05) is 0 Å². The van der Waals surface area contributed by atoms with Crippen LogP contribution in [-0.2, 0) is 0 Å². The number of halogens is 4. The first-order chi connectivity index (χ1) is 10.2. The Kier molecular flexibility index (Phi) is 4.87. The van der Waals surface area contributed by atoms with Gasteiger partial charge in [-0.2, -0.15) is 0 Å². The van der Waals surface area contributed by atoms with E-state index < -0.39 is 0 Å². The van der Waals surface area contributed by atoms with Crippen molar-refractivity contribution in [3.05, 3.63) is 49.9 Å². The molecular formula is C14H8Cl4O4. The molecule has 8 heteroatoms. The first-order valence-corrected chi connectivity index (χ1v) is 7.22. The van der Waals surface area contributed by atoms with Gasteiger partial charge in [-0.1, -0.05) is 46.4 Å². The molecule has 4 nitrogen and oxygen atoms in total. The third kappa shape index (κ3) is 3.15. The minimum Gasteiger partial charge on any atom is -0.507 e. The molecule has 0 aliphatic heterocycles. The number of hydrogen-bond donors (Lipinski definition) is 4. The van der Waals surface area contributed by atoms with Gasteiger partial charge in [0, 0.05) is 28.8 Å². The topological polar surface area (TPSA) is 80.9 Å². The Morgan fingerprint density at radius 2 is 1.00 bits per heavy atom. The maximum Gasteiger partial charge on any atom is 0.137 e. The van der Waals surface area contributed by atoms with Gasteiger partial charge in [-0.3, -0.25) is 0 Å². The lowest BCUT2D eigenvalue weighted by atomic mass is 9.97. The second-order valence-electron chi connectivity index (χ2n) is 4.28. The van der Waals surface area contributed by atoms with Crippen molar-refractivity contribution < 1.29 is 20.4 Å². The fourth-order valence-corrected chi connectivity index (χ4v) is 2.59. The maximum absolute atomic E-state index is 9.98. The van der Waals surface area contributed by atoms with Crippen molar-refractivity contribution >= 4 is 52.0 Å². The van der Waals surface area contributed by atoms with Crippen LogP contribution in [0.4, 0.5) is 0 Å². The molecule has 0 heterocycles. The molecule has 0 aliphatic rings. The van der Waals surface area contributed by atoms with Crippen LogP contribution in [0.25, 0.3) is 5.57 Å². The zero-order valence-electron chi connectivity index (χ0n) is 10.6. The summed E-state index contributed by atoms with van der Waals surface area (Å²) in [6.45, 7) is 0. The van der Waals surface area contributed by atoms with Crippen LogP contribution in [-0.4, -0.2) is 20.4 Å². The highest BCUT2D eigenvalue weighted by molar-refractivity contribution is 6.59. The van der Waals surface area contributed by atoms with Crippen molar-refractivity contribution in [2.45, 2.75) is 0 Å². The number of phenolic OH excluding ortho intramolecular Hbond substituents is 4. The lowest BCUT2D eigenvalue weighted by Gasteiger charge is -2.14. The number of rotatable bonds is 2. The van der Waals surface area contributed by atoms with Crippen molar-refractivity contribution in [3.63, 3.8) is 0 Å². The average Bonchev–Trinajstić information content (AvgIpc) is 2.41. The zero-order chi connectivity index (χ0) is 16.6. The summed E-state index contributed by atoms with van der Waals surface area (Å²) in [5, 5.41) is 38.8. The number of phenols is 4. The number of benzene rings is 2. The van der Waals surface area contributed by atoms with E-state index in [9.17, 15) is 20.4 Å². The highest BCUT2D eigenvalue weighted by atomic mass is 35.5. The molecule has 0 spiro atoms. The minimum atomic E-state index is -0.362. The van der Waals surface area contributed by atoms with Crippen molar-refractivity contribution in [2.75, 3.05) is 0 Å². The quantitative estimate of drug-likeness (QED) is 0.589. The molecule has 2 aromatic carbocycles. The van der Waals surface area contributed by atoms with Crippen molar-refractivity contribution in [3.8, 4) is 23.0 Å². The van der Waals surface area contributed by atoms with Crippen LogP contribution in [0.1, 0.15) is 11.1 Å². The molecule has 4 N–H and O–H groups in total. The second kappa shape index (κ2) is 6.34. The molecule has 0 fully saturated rings. The predicted molar refractivity (Wildman–Crippen MR) is 87.3 cm³/mol. The zero-order valence-corrected chi connectivity index (χ0v) is 13.6. The Bertz CT molecular complexity index is 723. The monoisotopic (exact) mass is 380 g/mol. The lowest BCUT2D eigenvalue weighted by Crippen LogP contribution is -1.92. The van der Waals surface area contributed by atoms with E-state index in [-0.39, 0.29) is 54.2 Å². The first-order valence-electron chi connectivity index (χ1n) is 5.71. The lowest BCUT2D eigenvalue weighted by molar-refractivity contribution is 0.448. The molecule has 0 aromatic heterocycles. The number of aromatic hydroxyl groups is 4. The highest BCUT2D eigenvalue weighted by Gasteiger charge is 2.20. The van der Waals surface area contributed by atoms with Crippen molar-refractivity contribution in [1.29, 1.82) is 0 Å². The summed E-state index contributed by atoms with van der Waals surface area (Å²) in [5.41, 5.74) is 0.168. The van der Waals surface area contributed by atoms with E-state index in [1.54, 1.807) is 0 Å². The van der Waals surface area contributed by atoms with Crippen LogP contribution < -0.4 is 0 Å². The van der Waals surface area contributed by atoms with E-state index in [1.165, 1.54) is 12.1 Å². The van der Waals surface area contributed by atoms with Gasteiger partial charge in [0.05, 0.1) is 10.0 Å². The van der Waals surface area contributed by atoms with Gasteiger partial charge in [-0.05, 0) is 12.1 Å². The maximum atomic E-state index is 9.98.